The lowest BCUT2D eigenvalue weighted by Crippen LogP contribution is -2.22. The Morgan fingerprint density at radius 2 is 2.14 bits per heavy atom. The number of aromatic hydroxyl groups is 1. The topological polar surface area (TPSA) is 49.3 Å². The van der Waals surface area contributed by atoms with Gasteiger partial charge in [-0.15, -0.1) is 0 Å². The molecule has 2 N–H and O–H groups in total. The van der Waals surface area contributed by atoms with Crippen LogP contribution >= 0.6 is 0 Å². The fraction of sp³-hybridized carbons (Fsp3) is 0.364. The van der Waals surface area contributed by atoms with Gasteiger partial charge in [-0.05, 0) is 25.0 Å². The molecule has 1 aromatic carbocycles. The highest BCUT2D eigenvalue weighted by Crippen LogP contribution is 2.16. The van der Waals surface area contributed by atoms with E-state index < -0.39 is 0 Å². The predicted octanol–water partition coefficient (Wildman–Crippen LogP) is 1.46. The average molecular weight is 193 g/mol. The van der Waals surface area contributed by atoms with Gasteiger partial charge in [0, 0.05) is 13.0 Å². The molecule has 0 heterocycles. The van der Waals surface area contributed by atoms with E-state index in [4.69, 9.17) is 0 Å². The van der Waals surface area contributed by atoms with Crippen LogP contribution in [0.25, 0.3) is 0 Å². The summed E-state index contributed by atoms with van der Waals surface area (Å²) in [6.45, 7) is 2.54. The van der Waals surface area contributed by atoms with Crippen molar-refractivity contribution in [1.29, 1.82) is 0 Å². The first kappa shape index (κ1) is 10.6. The minimum atomic E-state index is 0.0238. The standard InChI is InChI=1S/C11H15NO2/c1-2-12-11(14)8-7-9-5-3-4-6-10(9)13/h3-6,13H,2,7-8H2,1H3,(H,12,14). The molecule has 1 aromatic rings. The molecule has 0 unspecified atom stereocenters. The third kappa shape index (κ3) is 3.09. The Morgan fingerprint density at radius 1 is 1.43 bits per heavy atom. The highest BCUT2D eigenvalue weighted by atomic mass is 16.3. The Morgan fingerprint density at radius 3 is 2.79 bits per heavy atom. The van der Waals surface area contributed by atoms with Crippen LogP contribution in [0.1, 0.15) is 18.9 Å². The summed E-state index contributed by atoms with van der Waals surface area (Å²) in [5.41, 5.74) is 0.818. The summed E-state index contributed by atoms with van der Waals surface area (Å²) in [5, 5.41) is 12.1. The van der Waals surface area contributed by atoms with Gasteiger partial charge in [0.15, 0.2) is 0 Å². The van der Waals surface area contributed by atoms with Gasteiger partial charge in [0.05, 0.1) is 0 Å². The van der Waals surface area contributed by atoms with Crippen LogP contribution < -0.4 is 5.32 Å². The van der Waals surface area contributed by atoms with Crippen LogP contribution in [0.2, 0.25) is 0 Å². The van der Waals surface area contributed by atoms with Gasteiger partial charge in [0.2, 0.25) is 5.91 Å². The first-order valence-electron chi connectivity index (χ1n) is 4.77. The lowest BCUT2D eigenvalue weighted by molar-refractivity contribution is -0.120. The van der Waals surface area contributed by atoms with E-state index in [0.717, 1.165) is 5.56 Å². The molecule has 0 atom stereocenters. The van der Waals surface area contributed by atoms with E-state index in [9.17, 15) is 9.90 Å². The van der Waals surface area contributed by atoms with Crippen molar-refractivity contribution < 1.29 is 9.90 Å². The average Bonchev–Trinajstić information content (AvgIpc) is 2.17. The molecular formula is C11H15NO2. The number of para-hydroxylation sites is 1. The third-order valence-electron chi connectivity index (χ3n) is 1.99. The van der Waals surface area contributed by atoms with E-state index in [0.29, 0.717) is 19.4 Å². The molecule has 0 aromatic heterocycles. The second-order valence-corrected chi connectivity index (χ2v) is 3.08. The first-order valence-corrected chi connectivity index (χ1v) is 4.77. The summed E-state index contributed by atoms with van der Waals surface area (Å²) in [6.07, 6.45) is 1.00. The number of hydrogen-bond acceptors (Lipinski definition) is 2. The molecule has 0 aliphatic rings. The zero-order chi connectivity index (χ0) is 10.4. The number of carbonyl (C=O) groups is 1. The summed E-state index contributed by atoms with van der Waals surface area (Å²) in [4.78, 5) is 11.1. The van der Waals surface area contributed by atoms with Crippen LogP contribution in [0.4, 0.5) is 0 Å². The summed E-state index contributed by atoms with van der Waals surface area (Å²) in [7, 11) is 0. The lowest BCUT2D eigenvalue weighted by Gasteiger charge is -2.04. The molecule has 0 fully saturated rings. The third-order valence-corrected chi connectivity index (χ3v) is 1.99. The Bertz CT molecular complexity index is 310. The number of aryl methyl sites for hydroxylation is 1. The second kappa shape index (κ2) is 5.27. The van der Waals surface area contributed by atoms with E-state index in [2.05, 4.69) is 5.32 Å². The van der Waals surface area contributed by atoms with E-state index in [1.54, 1.807) is 12.1 Å². The lowest BCUT2D eigenvalue weighted by atomic mass is 10.1. The molecule has 0 spiro atoms. The van der Waals surface area contributed by atoms with Crippen LogP contribution in [0.3, 0.4) is 0 Å². The predicted molar refractivity (Wildman–Crippen MR) is 55.1 cm³/mol. The molecule has 76 valence electrons. The molecule has 14 heavy (non-hydrogen) atoms. The van der Waals surface area contributed by atoms with Crippen LogP contribution in [-0.4, -0.2) is 17.6 Å². The highest BCUT2D eigenvalue weighted by molar-refractivity contribution is 5.76. The Labute approximate surface area is 83.8 Å². The van der Waals surface area contributed by atoms with Gasteiger partial charge in [-0.1, -0.05) is 18.2 Å². The van der Waals surface area contributed by atoms with Gasteiger partial charge >= 0.3 is 0 Å². The van der Waals surface area contributed by atoms with Crippen molar-refractivity contribution in [3.63, 3.8) is 0 Å². The fourth-order valence-corrected chi connectivity index (χ4v) is 1.26. The van der Waals surface area contributed by atoms with Gasteiger partial charge in [-0.3, -0.25) is 4.79 Å². The number of phenolic OH excluding ortho intramolecular Hbond substituents is 1. The summed E-state index contributed by atoms with van der Waals surface area (Å²) in [6, 6.07) is 7.08. The van der Waals surface area contributed by atoms with E-state index in [-0.39, 0.29) is 11.7 Å². The molecule has 3 nitrogen and oxygen atoms in total. The number of hydrogen-bond donors (Lipinski definition) is 2. The maximum atomic E-state index is 11.1. The van der Waals surface area contributed by atoms with Crippen molar-refractivity contribution in [3.8, 4) is 5.75 Å². The summed E-state index contributed by atoms with van der Waals surface area (Å²) < 4.78 is 0. The maximum Gasteiger partial charge on any atom is 0.220 e. The van der Waals surface area contributed by atoms with Crippen molar-refractivity contribution >= 4 is 5.91 Å². The Balaban J connectivity index is 2.46. The van der Waals surface area contributed by atoms with Crippen molar-refractivity contribution in [2.75, 3.05) is 6.54 Å². The number of amides is 1. The molecule has 3 heteroatoms. The molecule has 0 saturated carbocycles. The molecule has 0 bridgehead atoms. The van der Waals surface area contributed by atoms with Gasteiger partial charge in [-0.2, -0.15) is 0 Å². The van der Waals surface area contributed by atoms with Crippen LogP contribution in [-0.2, 0) is 11.2 Å². The minimum Gasteiger partial charge on any atom is -0.508 e. The normalized spacial score (nSPS) is 9.79. The number of phenols is 1. The number of nitrogens with one attached hydrogen (secondary N) is 1. The Hall–Kier alpha value is -1.51. The number of benzene rings is 1. The zero-order valence-corrected chi connectivity index (χ0v) is 8.29. The van der Waals surface area contributed by atoms with E-state index >= 15 is 0 Å². The smallest absolute Gasteiger partial charge is 0.220 e. The van der Waals surface area contributed by atoms with Gasteiger partial charge < -0.3 is 10.4 Å². The maximum absolute atomic E-state index is 11.1. The number of rotatable bonds is 4. The molecular weight excluding hydrogens is 178 g/mol. The van der Waals surface area contributed by atoms with Gasteiger partial charge in [0.25, 0.3) is 0 Å². The van der Waals surface area contributed by atoms with Crippen molar-refractivity contribution in [2.24, 2.45) is 0 Å². The largest absolute Gasteiger partial charge is 0.508 e. The minimum absolute atomic E-state index is 0.0238. The van der Waals surface area contributed by atoms with Crippen molar-refractivity contribution in [2.45, 2.75) is 19.8 Å². The molecule has 0 aliphatic heterocycles. The zero-order valence-electron chi connectivity index (χ0n) is 8.29. The van der Waals surface area contributed by atoms with Crippen LogP contribution in [0.15, 0.2) is 24.3 Å². The van der Waals surface area contributed by atoms with E-state index in [1.807, 2.05) is 19.1 Å². The van der Waals surface area contributed by atoms with Gasteiger partial charge in [0.1, 0.15) is 5.75 Å². The Kier molecular flexibility index (Phi) is 3.98. The number of carbonyl (C=O) groups excluding carboxylic acids is 1. The van der Waals surface area contributed by atoms with Crippen molar-refractivity contribution in [3.05, 3.63) is 29.8 Å². The molecule has 0 radical (unpaired) electrons. The SMILES string of the molecule is CCNC(=O)CCc1ccccc1O. The van der Waals surface area contributed by atoms with Crippen molar-refractivity contribution in [1.82, 2.24) is 5.32 Å². The van der Waals surface area contributed by atoms with Crippen LogP contribution in [0, 0.1) is 0 Å². The molecule has 0 aliphatic carbocycles. The monoisotopic (exact) mass is 193 g/mol. The molecule has 0 saturated heterocycles. The quantitative estimate of drug-likeness (QED) is 0.760. The first-order chi connectivity index (χ1) is 6.74. The fourth-order valence-electron chi connectivity index (χ4n) is 1.26. The van der Waals surface area contributed by atoms with E-state index in [1.165, 1.54) is 0 Å². The highest BCUT2D eigenvalue weighted by Gasteiger charge is 2.03. The molecule has 1 rings (SSSR count). The second-order valence-electron chi connectivity index (χ2n) is 3.08. The van der Waals surface area contributed by atoms with Crippen LogP contribution in [0.5, 0.6) is 5.75 Å². The summed E-state index contributed by atoms with van der Waals surface area (Å²) >= 11 is 0. The summed E-state index contributed by atoms with van der Waals surface area (Å²) in [5.74, 6) is 0.285. The van der Waals surface area contributed by atoms with Gasteiger partial charge in [-0.25, -0.2) is 0 Å². The molecule has 1 amide bonds.